The van der Waals surface area contributed by atoms with Gasteiger partial charge in [-0.1, -0.05) is 6.07 Å². The van der Waals surface area contributed by atoms with Crippen LogP contribution in [-0.2, 0) is 6.18 Å². The van der Waals surface area contributed by atoms with Crippen molar-refractivity contribution < 1.29 is 18.0 Å². The lowest BCUT2D eigenvalue weighted by Gasteiger charge is -2.10. The Morgan fingerprint density at radius 2 is 2.00 bits per heavy atom. The molecular weight excluding hydrogens is 355 g/mol. The minimum atomic E-state index is -4.56. The van der Waals surface area contributed by atoms with Gasteiger partial charge in [0.05, 0.1) is 11.3 Å². The number of fused-ring (bicyclic) bond motifs is 1. The molecule has 0 bridgehead atoms. The van der Waals surface area contributed by atoms with Crippen molar-refractivity contribution >= 4 is 27.9 Å². The zero-order valence-corrected chi connectivity index (χ0v) is 14.0. The number of anilines is 1. The van der Waals surface area contributed by atoms with Crippen LogP contribution in [0.2, 0.25) is 0 Å². The Bertz CT molecular complexity index is 1040. The maximum absolute atomic E-state index is 12.8. The van der Waals surface area contributed by atoms with Gasteiger partial charge >= 0.3 is 6.18 Å². The van der Waals surface area contributed by atoms with E-state index in [9.17, 15) is 22.8 Å². The highest BCUT2D eigenvalue weighted by atomic mass is 32.1. The summed E-state index contributed by atoms with van der Waals surface area (Å²) < 4.78 is 39.7. The van der Waals surface area contributed by atoms with E-state index in [1.165, 1.54) is 21.8 Å². The summed E-state index contributed by atoms with van der Waals surface area (Å²) in [6, 6.07) is 4.00. The molecule has 0 atom stereocenters. The molecule has 1 N–H and O–H groups in total. The van der Waals surface area contributed by atoms with Crippen LogP contribution < -0.4 is 10.9 Å². The van der Waals surface area contributed by atoms with Crippen LogP contribution in [-0.4, -0.2) is 15.3 Å². The quantitative estimate of drug-likeness (QED) is 0.752. The lowest BCUT2D eigenvalue weighted by molar-refractivity contribution is -0.137. The molecule has 0 radical (unpaired) electrons. The predicted molar refractivity (Wildman–Crippen MR) is 88.2 cm³/mol. The number of carbonyl (C=O) groups is 1. The maximum atomic E-state index is 12.8. The molecule has 130 valence electrons. The molecule has 2 aromatic heterocycles. The lowest BCUT2D eigenvalue weighted by atomic mass is 10.1. The Kier molecular flexibility index (Phi) is 4.11. The number of aromatic nitrogens is 2. The number of hydrogen-bond donors (Lipinski definition) is 1. The van der Waals surface area contributed by atoms with Crippen LogP contribution in [0.15, 0.2) is 34.4 Å². The number of carbonyl (C=O) groups excluding carboxylic acids is 1. The van der Waals surface area contributed by atoms with Crippen molar-refractivity contribution in [2.75, 3.05) is 5.32 Å². The molecular formula is C16H12F3N3O2S. The van der Waals surface area contributed by atoms with Gasteiger partial charge in [-0.05, 0) is 32.0 Å². The molecule has 0 spiro atoms. The third-order valence-corrected chi connectivity index (χ3v) is 4.56. The maximum Gasteiger partial charge on any atom is 0.416 e. The van der Waals surface area contributed by atoms with Gasteiger partial charge in [0.1, 0.15) is 5.69 Å². The first kappa shape index (κ1) is 17.2. The molecule has 1 aromatic carbocycles. The number of benzene rings is 1. The number of aryl methyl sites for hydroxylation is 2. The van der Waals surface area contributed by atoms with E-state index >= 15 is 0 Å². The minimum Gasteiger partial charge on any atom is -0.316 e. The van der Waals surface area contributed by atoms with Crippen LogP contribution in [0.25, 0.3) is 4.96 Å². The van der Waals surface area contributed by atoms with Gasteiger partial charge in [-0.2, -0.15) is 13.2 Å². The van der Waals surface area contributed by atoms with Crippen LogP contribution >= 0.6 is 11.3 Å². The topological polar surface area (TPSA) is 63.5 Å². The van der Waals surface area contributed by atoms with Crippen LogP contribution in [0.5, 0.6) is 0 Å². The van der Waals surface area contributed by atoms with Crippen molar-refractivity contribution in [2.45, 2.75) is 20.0 Å². The normalized spacial score (nSPS) is 11.7. The average molecular weight is 367 g/mol. The van der Waals surface area contributed by atoms with Crippen LogP contribution in [0, 0.1) is 13.8 Å². The van der Waals surface area contributed by atoms with Crippen molar-refractivity contribution in [3.05, 3.63) is 62.5 Å². The molecule has 9 heteroatoms. The Morgan fingerprint density at radius 1 is 1.28 bits per heavy atom. The fraction of sp³-hybridized carbons (Fsp3) is 0.188. The molecule has 5 nitrogen and oxygen atoms in total. The van der Waals surface area contributed by atoms with E-state index in [-0.39, 0.29) is 11.3 Å². The zero-order valence-electron chi connectivity index (χ0n) is 13.1. The number of rotatable bonds is 2. The van der Waals surface area contributed by atoms with E-state index in [2.05, 4.69) is 10.3 Å². The van der Waals surface area contributed by atoms with Crippen molar-refractivity contribution in [3.63, 3.8) is 0 Å². The van der Waals surface area contributed by atoms with Gasteiger partial charge < -0.3 is 5.32 Å². The van der Waals surface area contributed by atoms with Gasteiger partial charge in [0.2, 0.25) is 0 Å². The summed E-state index contributed by atoms with van der Waals surface area (Å²) in [6.07, 6.45) is -4.56. The second-order valence-corrected chi connectivity index (χ2v) is 6.24. The third kappa shape index (κ3) is 3.14. The molecule has 0 aliphatic rings. The van der Waals surface area contributed by atoms with E-state index in [1.54, 1.807) is 19.2 Å². The molecule has 25 heavy (non-hydrogen) atoms. The number of alkyl halides is 3. The number of nitrogens with one attached hydrogen (secondary N) is 1. The molecule has 2 heterocycles. The first-order valence-electron chi connectivity index (χ1n) is 7.14. The van der Waals surface area contributed by atoms with E-state index in [1.807, 2.05) is 0 Å². The summed E-state index contributed by atoms with van der Waals surface area (Å²) in [5.74, 6) is -0.805. The SMILES string of the molecule is Cc1nc2scc(C)n2c(=O)c1NC(=O)c1cccc(C(F)(F)F)c1. The fourth-order valence-corrected chi connectivity index (χ4v) is 3.25. The molecule has 0 saturated carbocycles. The Labute approximate surface area is 143 Å². The summed E-state index contributed by atoms with van der Waals surface area (Å²) in [6.45, 7) is 3.28. The summed E-state index contributed by atoms with van der Waals surface area (Å²) in [7, 11) is 0. The summed E-state index contributed by atoms with van der Waals surface area (Å²) in [5.41, 5.74) is -0.696. The van der Waals surface area contributed by atoms with Gasteiger partial charge in [0, 0.05) is 16.6 Å². The van der Waals surface area contributed by atoms with E-state index in [0.717, 1.165) is 18.2 Å². The molecule has 0 unspecified atom stereocenters. The van der Waals surface area contributed by atoms with Gasteiger partial charge in [-0.15, -0.1) is 11.3 Å². The number of hydrogen-bond acceptors (Lipinski definition) is 4. The number of nitrogens with zero attached hydrogens (tertiary/aromatic N) is 2. The van der Waals surface area contributed by atoms with Gasteiger partial charge in [0.25, 0.3) is 11.5 Å². The predicted octanol–water partition coefficient (Wildman–Crippen LogP) is 3.64. The Morgan fingerprint density at radius 3 is 2.68 bits per heavy atom. The summed E-state index contributed by atoms with van der Waals surface area (Å²) in [5, 5.41) is 4.14. The summed E-state index contributed by atoms with van der Waals surface area (Å²) in [4.78, 5) is 29.6. The number of amides is 1. The van der Waals surface area contributed by atoms with Crippen molar-refractivity contribution in [2.24, 2.45) is 0 Å². The van der Waals surface area contributed by atoms with Gasteiger partial charge in [-0.3, -0.25) is 14.0 Å². The molecule has 3 aromatic rings. The second-order valence-electron chi connectivity index (χ2n) is 5.41. The second kappa shape index (κ2) is 5.99. The molecule has 1 amide bonds. The highest BCUT2D eigenvalue weighted by molar-refractivity contribution is 7.15. The van der Waals surface area contributed by atoms with Crippen LogP contribution in [0.1, 0.15) is 27.3 Å². The molecule has 0 aliphatic heterocycles. The standard InChI is InChI=1S/C16H12F3N3O2S/c1-8-7-25-15-20-9(2)12(14(24)22(8)15)21-13(23)10-4-3-5-11(6-10)16(17,18)19/h3-7H,1-2H3,(H,21,23). The average Bonchev–Trinajstić information content (AvgIpc) is 2.91. The molecule has 0 aliphatic carbocycles. The zero-order chi connectivity index (χ0) is 18.4. The summed E-state index contributed by atoms with van der Waals surface area (Å²) >= 11 is 1.29. The first-order chi connectivity index (χ1) is 11.7. The fourth-order valence-electron chi connectivity index (χ4n) is 2.35. The number of halogens is 3. The van der Waals surface area contributed by atoms with Crippen molar-refractivity contribution in [3.8, 4) is 0 Å². The Balaban J connectivity index is 2.01. The molecule has 0 saturated heterocycles. The Hall–Kier alpha value is -2.68. The lowest BCUT2D eigenvalue weighted by Crippen LogP contribution is -2.25. The monoisotopic (exact) mass is 367 g/mol. The number of thiazole rings is 1. The minimum absolute atomic E-state index is 0.0542. The smallest absolute Gasteiger partial charge is 0.316 e. The molecule has 0 fully saturated rings. The largest absolute Gasteiger partial charge is 0.416 e. The first-order valence-corrected chi connectivity index (χ1v) is 8.02. The van der Waals surface area contributed by atoms with Crippen LogP contribution in [0.3, 0.4) is 0 Å². The van der Waals surface area contributed by atoms with Gasteiger partial charge in [0.15, 0.2) is 4.96 Å². The van der Waals surface area contributed by atoms with Crippen molar-refractivity contribution in [1.29, 1.82) is 0 Å². The van der Waals surface area contributed by atoms with Crippen LogP contribution in [0.4, 0.5) is 18.9 Å². The van der Waals surface area contributed by atoms with Crippen molar-refractivity contribution in [1.82, 2.24) is 9.38 Å². The van der Waals surface area contributed by atoms with E-state index in [0.29, 0.717) is 16.3 Å². The highest BCUT2D eigenvalue weighted by Gasteiger charge is 2.31. The molecule has 3 rings (SSSR count). The highest BCUT2D eigenvalue weighted by Crippen LogP contribution is 2.29. The van der Waals surface area contributed by atoms with Gasteiger partial charge in [-0.25, -0.2) is 4.98 Å². The van der Waals surface area contributed by atoms with E-state index < -0.39 is 23.2 Å². The third-order valence-electron chi connectivity index (χ3n) is 3.61. The van der Waals surface area contributed by atoms with E-state index in [4.69, 9.17) is 0 Å².